The number of benzene rings is 1. The smallest absolute Gasteiger partial charge is 0.223 e. The van der Waals surface area contributed by atoms with E-state index in [1.165, 1.54) is 0 Å². The molecule has 0 unspecified atom stereocenters. The molecule has 138 valence electrons. The van der Waals surface area contributed by atoms with Gasteiger partial charge in [0.05, 0.1) is 11.4 Å². The van der Waals surface area contributed by atoms with Crippen molar-refractivity contribution < 1.29 is 4.79 Å². The van der Waals surface area contributed by atoms with Crippen molar-refractivity contribution in [1.29, 1.82) is 0 Å². The van der Waals surface area contributed by atoms with Gasteiger partial charge in [-0.1, -0.05) is 18.2 Å². The van der Waals surface area contributed by atoms with Crippen molar-refractivity contribution in [2.75, 3.05) is 13.1 Å². The van der Waals surface area contributed by atoms with Crippen LogP contribution in [0.1, 0.15) is 18.4 Å². The second-order valence-electron chi connectivity index (χ2n) is 6.77. The van der Waals surface area contributed by atoms with Crippen LogP contribution < -0.4 is 10.6 Å². The van der Waals surface area contributed by atoms with Crippen molar-refractivity contribution in [2.45, 2.75) is 19.4 Å². The van der Waals surface area contributed by atoms with Gasteiger partial charge in [0.2, 0.25) is 5.91 Å². The highest BCUT2D eigenvalue weighted by atomic mass is 16.2. The molecule has 0 aliphatic heterocycles. The summed E-state index contributed by atoms with van der Waals surface area (Å²) < 4.78 is 1.90. The highest BCUT2D eigenvalue weighted by Crippen LogP contribution is 2.28. The lowest BCUT2D eigenvalue weighted by molar-refractivity contribution is -0.122. The summed E-state index contributed by atoms with van der Waals surface area (Å²) in [5, 5.41) is 11.2. The topological polar surface area (TPSA) is 71.8 Å². The fourth-order valence-electron chi connectivity index (χ4n) is 2.98. The van der Waals surface area contributed by atoms with Crippen molar-refractivity contribution in [3.05, 3.63) is 66.6 Å². The van der Waals surface area contributed by atoms with Gasteiger partial charge in [-0.3, -0.25) is 9.78 Å². The molecule has 1 aromatic carbocycles. The summed E-state index contributed by atoms with van der Waals surface area (Å²) in [6.45, 7) is 2.04. The Bertz CT molecular complexity index is 887. The maximum absolute atomic E-state index is 11.7. The average Bonchev–Trinajstić information content (AvgIpc) is 3.49. The maximum atomic E-state index is 11.7. The Labute approximate surface area is 158 Å². The SMILES string of the molecule is O=C(NCCNCc1cn(-c2ccccc2)nc1-c1cccnc1)C1CC1. The minimum Gasteiger partial charge on any atom is -0.355 e. The lowest BCUT2D eigenvalue weighted by Gasteiger charge is -2.06. The van der Waals surface area contributed by atoms with Crippen LogP contribution in [-0.2, 0) is 11.3 Å². The third kappa shape index (κ3) is 4.41. The Morgan fingerprint density at radius 1 is 1.11 bits per heavy atom. The van der Waals surface area contributed by atoms with E-state index < -0.39 is 0 Å². The zero-order valence-corrected chi connectivity index (χ0v) is 15.1. The van der Waals surface area contributed by atoms with Crippen LogP contribution in [0.15, 0.2) is 61.1 Å². The molecule has 1 fully saturated rings. The summed E-state index contributed by atoms with van der Waals surface area (Å²) in [6.07, 6.45) is 7.71. The van der Waals surface area contributed by atoms with Gasteiger partial charge >= 0.3 is 0 Å². The second-order valence-corrected chi connectivity index (χ2v) is 6.77. The number of nitrogens with one attached hydrogen (secondary N) is 2. The van der Waals surface area contributed by atoms with Gasteiger partial charge in [0, 0.05) is 55.3 Å². The van der Waals surface area contributed by atoms with Crippen molar-refractivity contribution in [1.82, 2.24) is 25.4 Å². The largest absolute Gasteiger partial charge is 0.355 e. The number of nitrogens with zero attached hydrogens (tertiary/aromatic N) is 3. The number of hydrogen-bond donors (Lipinski definition) is 2. The molecular formula is C21H23N5O. The number of aromatic nitrogens is 3. The van der Waals surface area contributed by atoms with Gasteiger partial charge in [0.1, 0.15) is 0 Å². The third-order valence-corrected chi connectivity index (χ3v) is 4.61. The van der Waals surface area contributed by atoms with Crippen molar-refractivity contribution in [3.8, 4) is 16.9 Å². The van der Waals surface area contributed by atoms with Crippen LogP contribution in [0.5, 0.6) is 0 Å². The normalized spacial score (nSPS) is 13.5. The first-order valence-corrected chi connectivity index (χ1v) is 9.34. The number of carbonyl (C=O) groups is 1. The van der Waals surface area contributed by atoms with E-state index in [-0.39, 0.29) is 11.8 Å². The Morgan fingerprint density at radius 3 is 2.70 bits per heavy atom. The minimum absolute atomic E-state index is 0.185. The molecule has 1 aliphatic rings. The molecule has 0 bridgehead atoms. The lowest BCUT2D eigenvalue weighted by atomic mass is 10.1. The lowest BCUT2D eigenvalue weighted by Crippen LogP contribution is -2.32. The number of para-hydroxylation sites is 1. The first-order valence-electron chi connectivity index (χ1n) is 9.34. The van der Waals surface area contributed by atoms with Gasteiger partial charge in [-0.25, -0.2) is 4.68 Å². The number of hydrogen-bond acceptors (Lipinski definition) is 4. The number of rotatable bonds is 8. The molecule has 2 aromatic heterocycles. The molecule has 0 saturated heterocycles. The van der Waals surface area contributed by atoms with E-state index in [0.29, 0.717) is 13.1 Å². The van der Waals surface area contributed by atoms with Crippen LogP contribution >= 0.6 is 0 Å². The van der Waals surface area contributed by atoms with Gasteiger partial charge in [-0.05, 0) is 37.1 Å². The number of amides is 1. The summed E-state index contributed by atoms with van der Waals surface area (Å²) in [5.41, 5.74) is 4.03. The molecule has 0 spiro atoms. The van der Waals surface area contributed by atoms with Gasteiger partial charge in [0.15, 0.2) is 0 Å². The van der Waals surface area contributed by atoms with Gasteiger partial charge in [-0.2, -0.15) is 5.10 Å². The summed E-state index contributed by atoms with van der Waals surface area (Å²) in [5.74, 6) is 0.441. The summed E-state index contributed by atoms with van der Waals surface area (Å²) in [4.78, 5) is 15.9. The zero-order chi connectivity index (χ0) is 18.5. The second kappa shape index (κ2) is 8.14. The Balaban J connectivity index is 1.45. The molecular weight excluding hydrogens is 338 g/mol. The first kappa shape index (κ1) is 17.4. The van der Waals surface area contributed by atoms with Crippen LogP contribution in [0.3, 0.4) is 0 Å². The molecule has 0 atom stereocenters. The van der Waals surface area contributed by atoms with Crippen LogP contribution in [0.2, 0.25) is 0 Å². The predicted molar refractivity (Wildman–Crippen MR) is 104 cm³/mol. The molecule has 1 aliphatic carbocycles. The van der Waals surface area contributed by atoms with Crippen LogP contribution in [-0.4, -0.2) is 33.8 Å². The fourth-order valence-corrected chi connectivity index (χ4v) is 2.98. The van der Waals surface area contributed by atoms with E-state index >= 15 is 0 Å². The maximum Gasteiger partial charge on any atom is 0.223 e. The van der Waals surface area contributed by atoms with Crippen LogP contribution in [0.4, 0.5) is 0 Å². The Morgan fingerprint density at radius 2 is 1.96 bits per heavy atom. The third-order valence-electron chi connectivity index (χ3n) is 4.61. The van der Waals surface area contributed by atoms with Crippen molar-refractivity contribution in [3.63, 3.8) is 0 Å². The van der Waals surface area contributed by atoms with Gasteiger partial charge in [0.25, 0.3) is 0 Å². The Kier molecular flexibility index (Phi) is 5.25. The van der Waals surface area contributed by atoms with E-state index in [9.17, 15) is 4.79 Å². The molecule has 27 heavy (non-hydrogen) atoms. The summed E-state index contributed by atoms with van der Waals surface area (Å²) >= 11 is 0. The van der Waals surface area contributed by atoms with E-state index in [1.807, 2.05) is 59.5 Å². The van der Waals surface area contributed by atoms with Crippen LogP contribution in [0.25, 0.3) is 16.9 Å². The van der Waals surface area contributed by atoms with Gasteiger partial charge < -0.3 is 10.6 Å². The quantitative estimate of drug-likeness (QED) is 0.605. The van der Waals surface area contributed by atoms with E-state index in [1.54, 1.807) is 6.20 Å². The molecule has 6 nitrogen and oxygen atoms in total. The Hall–Kier alpha value is -2.99. The first-order chi connectivity index (χ1) is 13.3. The molecule has 6 heteroatoms. The van der Waals surface area contributed by atoms with E-state index in [2.05, 4.69) is 15.6 Å². The predicted octanol–water partition coefficient (Wildman–Crippen LogP) is 2.55. The highest BCUT2D eigenvalue weighted by Gasteiger charge is 2.28. The standard InChI is InChI=1S/C21H23N5O/c27-21(16-8-9-16)24-12-11-23-14-18-15-26(19-6-2-1-3-7-19)25-20(18)17-5-4-10-22-13-17/h1-7,10,13,15-16,23H,8-9,11-12,14H2,(H,24,27). The monoisotopic (exact) mass is 361 g/mol. The van der Waals surface area contributed by atoms with E-state index in [0.717, 1.165) is 41.9 Å². The fraction of sp³-hybridized carbons (Fsp3) is 0.286. The zero-order valence-electron chi connectivity index (χ0n) is 15.1. The molecule has 0 radical (unpaired) electrons. The summed E-state index contributed by atoms with van der Waals surface area (Å²) in [6, 6.07) is 14.0. The molecule has 3 aromatic rings. The van der Waals surface area contributed by atoms with Crippen LogP contribution in [0, 0.1) is 5.92 Å². The highest BCUT2D eigenvalue weighted by molar-refractivity contribution is 5.80. The molecule has 4 rings (SSSR count). The van der Waals surface area contributed by atoms with Crippen molar-refractivity contribution >= 4 is 5.91 Å². The molecule has 1 saturated carbocycles. The molecule has 2 heterocycles. The molecule has 2 N–H and O–H groups in total. The summed E-state index contributed by atoms with van der Waals surface area (Å²) in [7, 11) is 0. The van der Waals surface area contributed by atoms with E-state index in [4.69, 9.17) is 5.10 Å². The van der Waals surface area contributed by atoms with Gasteiger partial charge in [-0.15, -0.1) is 0 Å². The average molecular weight is 361 g/mol. The van der Waals surface area contributed by atoms with Crippen molar-refractivity contribution in [2.24, 2.45) is 5.92 Å². The molecule has 1 amide bonds. The number of carbonyl (C=O) groups excluding carboxylic acids is 1. The number of pyridine rings is 1. The minimum atomic E-state index is 0.185.